The molecular formula is C21H17Cl2N2O4P. The highest BCUT2D eigenvalue weighted by molar-refractivity contribution is 7.77. The van der Waals surface area contributed by atoms with E-state index in [1.165, 1.54) is 25.3 Å². The minimum absolute atomic E-state index is 0.124. The zero-order chi connectivity index (χ0) is 21.9. The summed E-state index contributed by atoms with van der Waals surface area (Å²) in [5, 5.41) is 25.2. The van der Waals surface area contributed by atoms with E-state index in [4.69, 9.17) is 23.2 Å². The Bertz CT molecular complexity index is 1100. The largest absolute Gasteiger partial charge is 0.508 e. The van der Waals surface area contributed by atoms with Crippen LogP contribution in [0.15, 0.2) is 71.8 Å². The lowest BCUT2D eigenvalue weighted by atomic mass is 10.2. The molecule has 3 aromatic rings. The smallest absolute Gasteiger partial charge is 0.251 e. The predicted molar refractivity (Wildman–Crippen MR) is 120 cm³/mol. The molecule has 0 aromatic heterocycles. The van der Waals surface area contributed by atoms with Gasteiger partial charge in [-0.2, -0.15) is 9.88 Å². The molecule has 0 unspecified atom stereocenters. The first-order chi connectivity index (χ1) is 14.2. The molecule has 0 heterocycles. The SMILES string of the molecule is CC(=O)N(/N=C\c1ccc(O)cc1O)P(=O)(c1ccc(Cl)cc1)c1ccc(Cl)cc1. The molecule has 0 spiro atoms. The number of rotatable bonds is 5. The van der Waals surface area contributed by atoms with E-state index in [0.717, 1.165) is 10.8 Å². The van der Waals surface area contributed by atoms with Gasteiger partial charge in [-0.3, -0.25) is 9.36 Å². The molecule has 0 aliphatic carbocycles. The third-order valence-electron chi connectivity index (χ3n) is 4.22. The second-order valence-electron chi connectivity index (χ2n) is 6.33. The van der Waals surface area contributed by atoms with Crippen LogP contribution >= 0.6 is 30.5 Å². The summed E-state index contributed by atoms with van der Waals surface area (Å²) >= 11 is 12.0. The molecule has 1 amide bonds. The van der Waals surface area contributed by atoms with Gasteiger partial charge in [0.25, 0.3) is 7.29 Å². The number of hydrazone groups is 1. The molecule has 0 aliphatic rings. The first kappa shape index (κ1) is 21.9. The maximum Gasteiger partial charge on any atom is 0.251 e. The summed E-state index contributed by atoms with van der Waals surface area (Å²) < 4.78 is 15.2. The zero-order valence-corrected chi connectivity index (χ0v) is 18.1. The lowest BCUT2D eigenvalue weighted by Crippen LogP contribution is -2.32. The van der Waals surface area contributed by atoms with E-state index in [1.807, 2.05) is 0 Å². The Balaban J connectivity index is 2.16. The van der Waals surface area contributed by atoms with E-state index >= 15 is 0 Å². The Morgan fingerprint density at radius 1 is 0.933 bits per heavy atom. The van der Waals surface area contributed by atoms with Crippen molar-refractivity contribution in [2.75, 3.05) is 0 Å². The van der Waals surface area contributed by atoms with Crippen LogP contribution in [0.25, 0.3) is 0 Å². The Morgan fingerprint density at radius 3 is 1.87 bits per heavy atom. The van der Waals surface area contributed by atoms with Crippen LogP contribution in [-0.2, 0) is 9.36 Å². The first-order valence-electron chi connectivity index (χ1n) is 8.71. The van der Waals surface area contributed by atoms with Crippen molar-refractivity contribution in [2.45, 2.75) is 6.92 Å². The van der Waals surface area contributed by atoms with E-state index in [-0.39, 0.29) is 17.1 Å². The lowest BCUT2D eigenvalue weighted by molar-refractivity contribution is -0.124. The number of amides is 1. The van der Waals surface area contributed by atoms with Gasteiger partial charge in [-0.25, -0.2) is 0 Å². The van der Waals surface area contributed by atoms with Crippen molar-refractivity contribution >= 4 is 53.2 Å². The van der Waals surface area contributed by atoms with Crippen molar-refractivity contribution in [1.29, 1.82) is 0 Å². The van der Waals surface area contributed by atoms with Gasteiger partial charge in [0.1, 0.15) is 11.5 Å². The normalized spacial score (nSPS) is 11.6. The number of hydrogen-bond donors (Lipinski definition) is 2. The van der Waals surface area contributed by atoms with Gasteiger partial charge in [-0.05, 0) is 60.7 Å². The molecule has 3 rings (SSSR count). The number of benzene rings is 3. The average molecular weight is 463 g/mol. The lowest BCUT2D eigenvalue weighted by Gasteiger charge is -2.27. The summed E-state index contributed by atoms with van der Waals surface area (Å²) in [5.74, 6) is -0.936. The summed E-state index contributed by atoms with van der Waals surface area (Å²) in [7, 11) is -3.75. The molecule has 6 nitrogen and oxygen atoms in total. The Hall–Kier alpha value is -2.79. The molecular weight excluding hydrogens is 446 g/mol. The number of carbonyl (C=O) groups is 1. The van der Waals surface area contributed by atoms with Gasteiger partial charge in [-0.1, -0.05) is 23.2 Å². The fraction of sp³-hybridized carbons (Fsp3) is 0.0476. The van der Waals surface area contributed by atoms with Crippen molar-refractivity contribution in [1.82, 2.24) is 4.78 Å². The molecule has 0 saturated carbocycles. The topological polar surface area (TPSA) is 90.2 Å². The molecule has 0 aliphatic heterocycles. The minimum Gasteiger partial charge on any atom is -0.508 e. The highest BCUT2D eigenvalue weighted by atomic mass is 35.5. The van der Waals surface area contributed by atoms with E-state index in [2.05, 4.69) is 5.10 Å². The highest BCUT2D eigenvalue weighted by Gasteiger charge is 2.37. The van der Waals surface area contributed by atoms with Gasteiger partial charge in [0.15, 0.2) is 0 Å². The highest BCUT2D eigenvalue weighted by Crippen LogP contribution is 2.48. The number of hydrogen-bond acceptors (Lipinski definition) is 5. The van der Waals surface area contributed by atoms with Crippen LogP contribution in [0, 0.1) is 0 Å². The van der Waals surface area contributed by atoms with Crippen LogP contribution in [0.4, 0.5) is 0 Å². The molecule has 9 heteroatoms. The van der Waals surface area contributed by atoms with Gasteiger partial charge in [-0.15, -0.1) is 0 Å². The zero-order valence-electron chi connectivity index (χ0n) is 15.7. The maximum absolute atomic E-state index is 14.3. The van der Waals surface area contributed by atoms with Gasteiger partial charge >= 0.3 is 0 Å². The van der Waals surface area contributed by atoms with E-state index in [0.29, 0.717) is 20.7 Å². The van der Waals surface area contributed by atoms with Gasteiger partial charge in [0.05, 0.1) is 6.21 Å². The molecule has 3 aromatic carbocycles. The van der Waals surface area contributed by atoms with Crippen LogP contribution in [0.5, 0.6) is 11.5 Å². The third kappa shape index (κ3) is 4.51. The van der Waals surface area contributed by atoms with E-state index < -0.39 is 13.2 Å². The van der Waals surface area contributed by atoms with E-state index in [1.54, 1.807) is 48.5 Å². The number of phenolic OH excluding ortho intramolecular Hbond substituents is 2. The quantitative estimate of drug-likeness (QED) is 0.331. The predicted octanol–water partition coefficient (Wildman–Crippen LogP) is 4.52. The van der Waals surface area contributed by atoms with Crippen LogP contribution in [0.1, 0.15) is 12.5 Å². The third-order valence-corrected chi connectivity index (χ3v) is 7.64. The molecule has 154 valence electrons. The molecule has 30 heavy (non-hydrogen) atoms. The van der Waals surface area contributed by atoms with Gasteiger partial charge in [0.2, 0.25) is 5.91 Å². The second kappa shape index (κ2) is 8.92. The Morgan fingerprint density at radius 2 is 1.43 bits per heavy atom. The fourth-order valence-electron chi connectivity index (χ4n) is 2.76. The standard InChI is InChI=1S/C21H17Cl2N2O4P/c1-14(26)25(24-13-15-2-7-18(27)12-21(15)28)30(29,19-8-3-16(22)4-9-19)20-10-5-17(23)6-11-20/h2-13,27-28H,1H3/b24-13-. The van der Waals surface area contributed by atoms with Gasteiger partial charge < -0.3 is 10.2 Å². The molecule has 0 radical (unpaired) electrons. The van der Waals surface area contributed by atoms with Crippen molar-refractivity contribution in [2.24, 2.45) is 5.10 Å². The Labute approximate surface area is 183 Å². The molecule has 0 atom stereocenters. The number of phenols is 2. The number of nitrogens with zero attached hydrogens (tertiary/aromatic N) is 2. The monoisotopic (exact) mass is 462 g/mol. The Kier molecular flexibility index (Phi) is 6.52. The molecule has 0 saturated heterocycles. The fourth-order valence-corrected chi connectivity index (χ4v) is 5.45. The van der Waals surface area contributed by atoms with Crippen molar-refractivity contribution in [3.05, 3.63) is 82.3 Å². The summed E-state index contributed by atoms with van der Waals surface area (Å²) in [6, 6.07) is 16.5. The second-order valence-corrected chi connectivity index (χ2v) is 9.76. The van der Waals surface area contributed by atoms with Crippen molar-refractivity contribution in [3.63, 3.8) is 0 Å². The van der Waals surface area contributed by atoms with Crippen LogP contribution < -0.4 is 10.6 Å². The number of halogens is 2. The number of carbonyl (C=O) groups excluding carboxylic acids is 1. The molecule has 0 fully saturated rings. The van der Waals surface area contributed by atoms with Crippen molar-refractivity contribution in [3.8, 4) is 11.5 Å². The first-order valence-corrected chi connectivity index (χ1v) is 11.1. The average Bonchev–Trinajstić information content (AvgIpc) is 2.70. The summed E-state index contributed by atoms with van der Waals surface area (Å²) in [6.07, 6.45) is 1.20. The molecule has 0 bridgehead atoms. The van der Waals surface area contributed by atoms with Gasteiger partial charge in [0, 0.05) is 39.2 Å². The van der Waals surface area contributed by atoms with Crippen LogP contribution in [0.2, 0.25) is 10.0 Å². The minimum atomic E-state index is -3.75. The van der Waals surface area contributed by atoms with Crippen molar-refractivity contribution < 1.29 is 19.6 Å². The van der Waals surface area contributed by atoms with E-state index in [9.17, 15) is 19.6 Å². The summed E-state index contributed by atoms with van der Waals surface area (Å²) in [5.41, 5.74) is 0.234. The molecule has 2 N–H and O–H groups in total. The van der Waals surface area contributed by atoms with Crippen LogP contribution in [-0.4, -0.2) is 27.1 Å². The van der Waals surface area contributed by atoms with Crippen LogP contribution in [0.3, 0.4) is 0 Å². The maximum atomic E-state index is 14.3. The summed E-state index contributed by atoms with van der Waals surface area (Å²) in [6.45, 7) is 1.24. The summed E-state index contributed by atoms with van der Waals surface area (Å²) in [4.78, 5) is 12.5. The number of aromatic hydroxyl groups is 2.